The van der Waals surface area contributed by atoms with E-state index in [9.17, 15) is 0 Å². The zero-order valence-corrected chi connectivity index (χ0v) is 61.7. The van der Waals surface area contributed by atoms with Crippen LogP contribution in [0, 0.1) is 48.5 Å². The molecule has 13 aromatic carbocycles. The van der Waals surface area contributed by atoms with E-state index in [-0.39, 0.29) is 0 Å². The quantitative estimate of drug-likeness (QED) is 0.162. The van der Waals surface area contributed by atoms with Crippen molar-refractivity contribution < 1.29 is 35.9 Å². The van der Waals surface area contributed by atoms with Crippen LogP contribution in [0.5, 0.6) is 0 Å². The number of fused-ring (bicyclic) bond motifs is 21. The van der Waals surface area contributed by atoms with Gasteiger partial charge in [-0.1, -0.05) is 185 Å². The molecular weight excluding hydrogens is 1320 g/mol. The minimum absolute atomic E-state index is 0.928. The predicted molar refractivity (Wildman–Crippen MR) is 435 cm³/mol. The molecule has 0 bridgehead atoms. The van der Waals surface area contributed by atoms with E-state index < -0.39 is 0 Å². The van der Waals surface area contributed by atoms with Crippen molar-refractivity contribution in [3.63, 3.8) is 0 Å². The van der Waals surface area contributed by atoms with Gasteiger partial charge in [0.15, 0.2) is 5.69 Å². The van der Waals surface area contributed by atoms with Gasteiger partial charge in [0.1, 0.15) is 81.2 Å². The molecule has 0 saturated carbocycles. The molecule has 0 unspecified atom stereocenters. The average Bonchev–Trinajstić information content (AvgIpc) is 1.60. The lowest BCUT2D eigenvalue weighted by Gasteiger charge is -2.09. The maximum Gasteiger partial charge on any atom is 0.286 e. The van der Waals surface area contributed by atoms with Crippen LogP contribution >= 0.6 is 0 Å². The minimum Gasteiger partial charge on any atom is -0.455 e. The zero-order valence-electron chi connectivity index (χ0n) is 61.7. The van der Waals surface area contributed by atoms with Crippen molar-refractivity contribution in [3.05, 3.63) is 307 Å². The fraction of sp³-hybridized carbons (Fsp3) is 0.115. The summed E-state index contributed by atoms with van der Waals surface area (Å²) in [5, 5.41) is 20.6. The summed E-state index contributed by atoms with van der Waals surface area (Å²) < 4.78 is 34.1. The second-order valence-corrected chi connectivity index (χ2v) is 28.5. The molecule has 21 aromatic rings. The fourth-order valence-electron chi connectivity index (χ4n) is 16.3. The Morgan fingerprint density at radius 3 is 1.10 bits per heavy atom. The summed E-state index contributed by atoms with van der Waals surface area (Å²) in [5.41, 5.74) is 26.2. The summed E-state index contributed by atoms with van der Waals surface area (Å²) in [4.78, 5) is 12.8. The van der Waals surface area contributed by atoms with E-state index in [1.165, 1.54) is 131 Å². The average molecular weight is 1390 g/mol. The second-order valence-electron chi connectivity index (χ2n) is 28.5. The molecule has 0 saturated heterocycles. The molecule has 0 radical (unpaired) electrons. The Kier molecular flexibility index (Phi) is 16.1. The summed E-state index contributed by atoms with van der Waals surface area (Å²) in [6, 6.07) is 83.4. The van der Waals surface area contributed by atoms with Gasteiger partial charge in [-0.15, -0.1) is 0 Å². The van der Waals surface area contributed by atoms with Gasteiger partial charge in [-0.2, -0.15) is 4.57 Å². The summed E-state index contributed by atoms with van der Waals surface area (Å²) in [6.45, 7) is 14.9. The van der Waals surface area contributed by atoms with E-state index in [0.29, 0.717) is 0 Å². The standard InChI is InChI=1S/C28H22NO.2C23H19N2O.C22H17N2O/c1-17-7-6-10-23-20(17)14-15-24(29(23)3)26-18(2)11-13-22-27-21-9-5-4-8-19(21)12-16-25(27)30-28(22)26;1-14-8-10-18-22-17-7-5-4-6-16(17)9-11-20(22)26-23(18)21(14)19-12-15(2)24-13-25(19)3;1-14-12-18-22-17-7-5-4-6-16(17)8-9-20(22)26-23(18)21(15(14)2)19-10-11-24-13-25(19)3;1-14-7-9-17-21-16-6-4-3-5-15(16)8-10-19(21)25-22(17)20(14)18-11-12-23-13-24(18)2/h4-16H,1-3H3;2*4-13H,1-3H3;3-13H,1-2H3/q4*+1. The van der Waals surface area contributed by atoms with Gasteiger partial charge < -0.3 is 17.7 Å². The van der Waals surface area contributed by atoms with Gasteiger partial charge in [-0.3, -0.25) is 0 Å². The van der Waals surface area contributed by atoms with Crippen LogP contribution in [0.15, 0.2) is 286 Å². The number of rotatable bonds is 4. The molecular formula is C96H77N7O4+4. The monoisotopic (exact) mass is 1390 g/mol. The van der Waals surface area contributed by atoms with Crippen molar-refractivity contribution in [1.29, 1.82) is 0 Å². The van der Waals surface area contributed by atoms with E-state index in [2.05, 4.69) is 297 Å². The molecule has 8 heterocycles. The first kappa shape index (κ1) is 65.8. The van der Waals surface area contributed by atoms with Crippen LogP contribution in [0.3, 0.4) is 0 Å². The van der Waals surface area contributed by atoms with Crippen LogP contribution in [0.4, 0.5) is 0 Å². The molecule has 0 fully saturated rings. The van der Waals surface area contributed by atoms with E-state index in [4.69, 9.17) is 17.7 Å². The Labute approximate surface area is 617 Å². The molecule has 0 amide bonds. The molecule has 107 heavy (non-hydrogen) atoms. The van der Waals surface area contributed by atoms with Gasteiger partial charge >= 0.3 is 0 Å². The molecule has 11 heteroatoms. The smallest absolute Gasteiger partial charge is 0.286 e. The predicted octanol–water partition coefficient (Wildman–Crippen LogP) is 22.4. The van der Waals surface area contributed by atoms with Gasteiger partial charge in [0.25, 0.3) is 19.0 Å². The molecule has 8 aromatic heterocycles. The third-order valence-electron chi connectivity index (χ3n) is 21.9. The third-order valence-corrected chi connectivity index (χ3v) is 21.9. The first-order valence-corrected chi connectivity index (χ1v) is 36.3. The topological polar surface area (TPSA) is 107 Å². The number of hydrogen-bond donors (Lipinski definition) is 0. The molecule has 0 atom stereocenters. The molecule has 11 nitrogen and oxygen atoms in total. The van der Waals surface area contributed by atoms with Crippen LogP contribution in [-0.2, 0) is 28.2 Å². The third kappa shape index (κ3) is 11.0. The largest absolute Gasteiger partial charge is 0.455 e. The van der Waals surface area contributed by atoms with Crippen molar-refractivity contribution in [3.8, 4) is 45.0 Å². The van der Waals surface area contributed by atoms with Crippen LogP contribution in [0.2, 0.25) is 0 Å². The van der Waals surface area contributed by atoms with Crippen molar-refractivity contribution in [2.75, 3.05) is 0 Å². The van der Waals surface area contributed by atoms with E-state index in [1.807, 2.05) is 80.7 Å². The number of aromatic nitrogens is 7. The van der Waals surface area contributed by atoms with Gasteiger partial charge in [-0.05, 0) is 154 Å². The Morgan fingerprint density at radius 1 is 0.271 bits per heavy atom. The zero-order chi connectivity index (χ0) is 73.0. The summed E-state index contributed by atoms with van der Waals surface area (Å²) in [7, 11) is 8.21. The van der Waals surface area contributed by atoms with Crippen molar-refractivity contribution in [2.24, 2.45) is 28.2 Å². The van der Waals surface area contributed by atoms with E-state index in [1.54, 1.807) is 0 Å². The molecule has 0 aliphatic rings. The number of benzene rings is 13. The second kappa shape index (κ2) is 26.2. The fourth-order valence-corrected chi connectivity index (χ4v) is 16.3. The van der Waals surface area contributed by atoms with Crippen molar-refractivity contribution in [1.82, 2.24) is 15.0 Å². The number of nitrogens with zero attached hydrogens (tertiary/aromatic N) is 7. The number of pyridine rings is 1. The van der Waals surface area contributed by atoms with Crippen LogP contribution in [-0.4, -0.2) is 15.0 Å². The lowest BCUT2D eigenvalue weighted by molar-refractivity contribution is -0.663. The highest BCUT2D eigenvalue weighted by Gasteiger charge is 2.27. The molecule has 0 aliphatic heterocycles. The van der Waals surface area contributed by atoms with Crippen LogP contribution in [0.25, 0.3) is 187 Å². The molecule has 516 valence electrons. The van der Waals surface area contributed by atoms with Crippen LogP contribution < -0.4 is 18.3 Å². The Bertz CT molecular complexity index is 7240. The van der Waals surface area contributed by atoms with E-state index >= 15 is 0 Å². The highest BCUT2D eigenvalue weighted by molar-refractivity contribution is 6.24. The number of hydrogen-bond acceptors (Lipinski definition) is 7. The van der Waals surface area contributed by atoms with Gasteiger partial charge in [0, 0.05) is 85.7 Å². The van der Waals surface area contributed by atoms with E-state index in [0.717, 1.165) is 94.9 Å². The Morgan fingerprint density at radius 2 is 0.654 bits per heavy atom. The normalized spacial score (nSPS) is 11.7. The first-order chi connectivity index (χ1) is 52.1. The SMILES string of the molecule is Cc1cc(-c2c(C)ccc3c2oc2ccc4ccccc4c23)[n+](C)cn1.Cc1cc2c(oc3ccc4ccccc4c32)c(-c2ccnc[n+]2C)c1C.Cc1ccc2c(oc3ccc4ccccc4c32)c1-c1ccc2c(C)cccc2[n+]1C.Cc1ccc2c(oc3ccc4ccccc4c32)c1-c1ccnc[n+]1C. The lowest BCUT2D eigenvalue weighted by atomic mass is 9.95. The highest BCUT2D eigenvalue weighted by Crippen LogP contribution is 2.45. The molecule has 0 spiro atoms. The van der Waals surface area contributed by atoms with Gasteiger partial charge in [-0.25, -0.2) is 13.7 Å². The number of furan rings is 4. The Hall–Kier alpha value is -13.3. The number of aryl methyl sites for hydroxylation is 10. The maximum absolute atomic E-state index is 6.50. The summed E-state index contributed by atoms with van der Waals surface area (Å²) >= 11 is 0. The highest BCUT2D eigenvalue weighted by atomic mass is 16.3. The first-order valence-electron chi connectivity index (χ1n) is 36.3. The summed E-state index contributed by atoms with van der Waals surface area (Å²) in [5.74, 6) is 0. The van der Waals surface area contributed by atoms with Gasteiger partial charge in [0.05, 0.1) is 43.4 Å². The lowest BCUT2D eigenvalue weighted by Crippen LogP contribution is -2.32. The van der Waals surface area contributed by atoms with Crippen molar-refractivity contribution >= 4 is 142 Å². The molecule has 0 N–H and O–H groups in total. The van der Waals surface area contributed by atoms with Gasteiger partial charge in [0.2, 0.25) is 11.2 Å². The molecule has 21 rings (SSSR count). The summed E-state index contributed by atoms with van der Waals surface area (Å²) in [6.07, 6.45) is 9.18. The maximum atomic E-state index is 6.50. The minimum atomic E-state index is 0.928. The Balaban J connectivity index is 0.000000101. The van der Waals surface area contributed by atoms with Crippen molar-refractivity contribution in [2.45, 2.75) is 48.5 Å². The van der Waals surface area contributed by atoms with Crippen LogP contribution in [0.1, 0.15) is 39.1 Å². The molecule has 0 aliphatic carbocycles.